The highest BCUT2D eigenvalue weighted by atomic mass is 16.6. The van der Waals surface area contributed by atoms with Gasteiger partial charge in [0.1, 0.15) is 0 Å². The van der Waals surface area contributed by atoms with Crippen molar-refractivity contribution in [3.8, 4) is 0 Å². The van der Waals surface area contributed by atoms with Gasteiger partial charge in [-0.1, -0.05) is 22.3 Å². The minimum Gasteiger partial charge on any atom is -0.368 e. The minimum atomic E-state index is -0.616. The predicted molar refractivity (Wildman–Crippen MR) is 38.9 cm³/mol. The maximum Gasteiger partial charge on any atom is 0.151 e. The highest BCUT2D eigenvalue weighted by Gasteiger charge is 1.80. The van der Waals surface area contributed by atoms with E-state index in [1.54, 1.807) is 6.92 Å². The first-order chi connectivity index (χ1) is 2.27. The molecule has 0 saturated heterocycles. The Hall–Kier alpha value is -0.0800. The summed E-state index contributed by atoms with van der Waals surface area (Å²) in [5, 5.41) is 8.14. The highest BCUT2D eigenvalue weighted by molar-refractivity contribution is 4.10. The van der Waals surface area contributed by atoms with Crippen LogP contribution in [0.3, 0.4) is 0 Å². The van der Waals surface area contributed by atoms with Gasteiger partial charge in [0.25, 0.3) is 0 Å². The first-order valence-electron chi connectivity index (χ1n) is 1.48. The molecule has 0 aliphatic heterocycles. The van der Waals surface area contributed by atoms with Gasteiger partial charge in [0.15, 0.2) is 6.29 Å². The van der Waals surface area contributed by atoms with Crippen LogP contribution in [0.2, 0.25) is 0 Å². The average molecular weight is 124 g/mol. The molecule has 8 heavy (non-hydrogen) atoms. The summed E-state index contributed by atoms with van der Waals surface area (Å²) in [7, 11) is 1.45. The molecule has 0 bridgehead atoms. The molecular formula is C6H20O2. The van der Waals surface area contributed by atoms with Crippen molar-refractivity contribution in [2.75, 3.05) is 7.11 Å². The molecule has 0 aromatic carbocycles. The summed E-state index contributed by atoms with van der Waals surface area (Å²) in [6.45, 7) is 1.56. The zero-order valence-corrected chi connectivity index (χ0v) is 3.43. The fourth-order valence-electron chi connectivity index (χ4n) is 0. The molecular weight excluding hydrogens is 104 g/mol. The number of methoxy groups -OCH3 is 1. The molecule has 0 aromatic rings. The zero-order chi connectivity index (χ0) is 4.28. The summed E-state index contributed by atoms with van der Waals surface area (Å²) in [6.07, 6.45) is -0.616. The van der Waals surface area contributed by atoms with Gasteiger partial charge in [-0.15, -0.1) is 0 Å². The van der Waals surface area contributed by atoms with E-state index in [4.69, 9.17) is 5.11 Å². The lowest BCUT2D eigenvalue weighted by Crippen LogP contribution is -1.99. The van der Waals surface area contributed by atoms with E-state index >= 15 is 0 Å². The van der Waals surface area contributed by atoms with E-state index in [0.29, 0.717) is 0 Å². The van der Waals surface area contributed by atoms with Crippen molar-refractivity contribution in [1.82, 2.24) is 0 Å². The third-order valence-corrected chi connectivity index (χ3v) is 0.341. The lowest BCUT2D eigenvalue weighted by atomic mass is 10.8. The maximum atomic E-state index is 8.14. The van der Waals surface area contributed by atoms with E-state index in [1.165, 1.54) is 7.11 Å². The molecule has 1 N–H and O–H groups in total. The summed E-state index contributed by atoms with van der Waals surface area (Å²) < 4.78 is 4.31. The number of aliphatic hydroxyl groups excluding tert-OH is 1. The molecule has 0 rings (SSSR count). The van der Waals surface area contributed by atoms with Gasteiger partial charge in [0.05, 0.1) is 0 Å². The van der Waals surface area contributed by atoms with Gasteiger partial charge < -0.3 is 9.84 Å². The zero-order valence-electron chi connectivity index (χ0n) is 3.43. The van der Waals surface area contributed by atoms with Crippen molar-refractivity contribution in [2.24, 2.45) is 0 Å². The fraction of sp³-hybridized carbons (Fsp3) is 1.00. The Balaban J connectivity index is -0.0000000267. The Morgan fingerprint density at radius 3 is 1.38 bits per heavy atom. The fourth-order valence-corrected chi connectivity index (χ4v) is 0. The lowest BCUT2D eigenvalue weighted by molar-refractivity contribution is -0.0583. The molecule has 0 radical (unpaired) electrons. The van der Waals surface area contributed by atoms with Gasteiger partial charge in [0, 0.05) is 7.11 Å². The number of hydrogen-bond donors (Lipinski definition) is 1. The standard InChI is InChI=1S/C3H8O2.3CH4/c1-3(4)5-2;;;/h3-4H,1-2H3;3*1H4. The van der Waals surface area contributed by atoms with Crippen molar-refractivity contribution in [3.05, 3.63) is 0 Å². The molecule has 56 valence electrons. The Kier molecular flexibility index (Phi) is 48.7. The van der Waals surface area contributed by atoms with Crippen molar-refractivity contribution in [1.29, 1.82) is 0 Å². The Morgan fingerprint density at radius 1 is 1.25 bits per heavy atom. The quantitative estimate of drug-likeness (QED) is 0.541. The summed E-state index contributed by atoms with van der Waals surface area (Å²) in [4.78, 5) is 0. The molecule has 0 spiro atoms. The molecule has 0 heterocycles. The topological polar surface area (TPSA) is 29.5 Å². The number of aliphatic hydroxyl groups is 1. The normalized spacial score (nSPS) is 9.38. The van der Waals surface area contributed by atoms with Crippen molar-refractivity contribution < 1.29 is 9.84 Å². The van der Waals surface area contributed by atoms with Gasteiger partial charge >= 0.3 is 0 Å². The molecule has 2 nitrogen and oxygen atoms in total. The molecule has 2 heteroatoms. The van der Waals surface area contributed by atoms with E-state index in [-0.39, 0.29) is 22.3 Å². The van der Waals surface area contributed by atoms with E-state index in [1.807, 2.05) is 0 Å². The second-order valence-electron chi connectivity index (χ2n) is 0.835. The van der Waals surface area contributed by atoms with Crippen LogP contribution in [0.15, 0.2) is 0 Å². The molecule has 0 saturated carbocycles. The van der Waals surface area contributed by atoms with Gasteiger partial charge in [-0.25, -0.2) is 0 Å². The molecule has 0 fully saturated rings. The monoisotopic (exact) mass is 124 g/mol. The first kappa shape index (κ1) is 24.7. The van der Waals surface area contributed by atoms with E-state index in [2.05, 4.69) is 4.74 Å². The van der Waals surface area contributed by atoms with Gasteiger partial charge in [-0.3, -0.25) is 0 Å². The molecule has 1 atom stereocenters. The van der Waals surface area contributed by atoms with Gasteiger partial charge in [-0.05, 0) is 6.92 Å². The van der Waals surface area contributed by atoms with Crippen LogP contribution in [-0.2, 0) is 4.74 Å². The Labute approximate surface area is 53.5 Å². The third-order valence-electron chi connectivity index (χ3n) is 0.341. The van der Waals surface area contributed by atoms with Crippen LogP contribution < -0.4 is 0 Å². The largest absolute Gasteiger partial charge is 0.368 e. The molecule has 1 unspecified atom stereocenters. The van der Waals surface area contributed by atoms with E-state index < -0.39 is 6.29 Å². The summed E-state index contributed by atoms with van der Waals surface area (Å²) in [5.41, 5.74) is 0. The number of rotatable bonds is 1. The highest BCUT2D eigenvalue weighted by Crippen LogP contribution is 1.72. The van der Waals surface area contributed by atoms with Crippen LogP contribution in [0.1, 0.15) is 29.2 Å². The molecule has 0 amide bonds. The van der Waals surface area contributed by atoms with Crippen LogP contribution in [0.5, 0.6) is 0 Å². The van der Waals surface area contributed by atoms with Crippen molar-refractivity contribution in [3.63, 3.8) is 0 Å². The minimum absolute atomic E-state index is 0. The molecule has 0 aliphatic carbocycles. The SMILES string of the molecule is C.C.C.COC(C)O. The second kappa shape index (κ2) is 15.8. The molecule has 0 aliphatic rings. The predicted octanol–water partition coefficient (Wildman–Crippen LogP) is 1.88. The average Bonchev–Trinajstić information content (AvgIpc) is 1.38. The van der Waals surface area contributed by atoms with E-state index in [0.717, 1.165) is 0 Å². The van der Waals surface area contributed by atoms with Crippen molar-refractivity contribution >= 4 is 0 Å². The first-order valence-corrected chi connectivity index (χ1v) is 1.48. The molecule has 0 aromatic heterocycles. The van der Waals surface area contributed by atoms with Crippen LogP contribution in [-0.4, -0.2) is 18.5 Å². The third kappa shape index (κ3) is 38.9. The lowest BCUT2D eigenvalue weighted by Gasteiger charge is -1.94. The van der Waals surface area contributed by atoms with Crippen LogP contribution >= 0.6 is 0 Å². The Morgan fingerprint density at radius 2 is 1.38 bits per heavy atom. The summed E-state index contributed by atoms with van der Waals surface area (Å²) >= 11 is 0. The second-order valence-corrected chi connectivity index (χ2v) is 0.835. The van der Waals surface area contributed by atoms with Crippen molar-refractivity contribution in [2.45, 2.75) is 35.5 Å². The Bertz CT molecular complexity index is 20.5. The smallest absolute Gasteiger partial charge is 0.151 e. The van der Waals surface area contributed by atoms with Crippen LogP contribution in [0.25, 0.3) is 0 Å². The van der Waals surface area contributed by atoms with Gasteiger partial charge in [-0.2, -0.15) is 0 Å². The summed E-state index contributed by atoms with van der Waals surface area (Å²) in [6, 6.07) is 0. The van der Waals surface area contributed by atoms with Crippen LogP contribution in [0.4, 0.5) is 0 Å². The number of ether oxygens (including phenoxy) is 1. The maximum absolute atomic E-state index is 8.14. The number of hydrogen-bond acceptors (Lipinski definition) is 2. The van der Waals surface area contributed by atoms with Gasteiger partial charge in [0.2, 0.25) is 0 Å². The summed E-state index contributed by atoms with van der Waals surface area (Å²) in [5.74, 6) is 0. The van der Waals surface area contributed by atoms with Crippen LogP contribution in [0, 0.1) is 0 Å². The van der Waals surface area contributed by atoms with E-state index in [9.17, 15) is 0 Å².